The molecule has 94 valence electrons. The second-order valence-corrected chi connectivity index (χ2v) is 3.65. The number of furan rings is 1. The Bertz CT molecular complexity index is 531. The highest BCUT2D eigenvalue weighted by Crippen LogP contribution is 2.16. The Hall–Kier alpha value is -2.27. The summed E-state index contributed by atoms with van der Waals surface area (Å²) in [5, 5.41) is 2.72. The molecule has 0 bridgehead atoms. The molecule has 0 radical (unpaired) electrons. The predicted octanol–water partition coefficient (Wildman–Crippen LogP) is 2.00. The Morgan fingerprint density at radius 1 is 1.28 bits per heavy atom. The monoisotopic (exact) mass is 246 g/mol. The van der Waals surface area contributed by atoms with Gasteiger partial charge in [-0.15, -0.1) is 0 Å². The summed E-state index contributed by atoms with van der Waals surface area (Å²) < 4.78 is 10.3. The normalized spacial score (nSPS) is 10.1. The summed E-state index contributed by atoms with van der Waals surface area (Å²) in [5.74, 6) is 1.25. The fourth-order valence-electron chi connectivity index (χ4n) is 1.48. The largest absolute Gasteiger partial charge is 0.497 e. The molecule has 1 aromatic carbocycles. The number of carbonyl (C=O) groups is 1. The zero-order chi connectivity index (χ0) is 13.0. The number of amides is 1. The SMILES string of the molecule is COc1ccc(NC(=O)c2ccc(CN)o2)cc1. The molecule has 1 amide bonds. The maximum Gasteiger partial charge on any atom is 0.291 e. The number of nitrogens with one attached hydrogen (secondary N) is 1. The van der Waals surface area contributed by atoms with Gasteiger partial charge in [-0.05, 0) is 36.4 Å². The average Bonchev–Trinajstić information content (AvgIpc) is 2.88. The van der Waals surface area contributed by atoms with Crippen LogP contribution in [0.1, 0.15) is 16.3 Å². The van der Waals surface area contributed by atoms with Gasteiger partial charge >= 0.3 is 0 Å². The lowest BCUT2D eigenvalue weighted by atomic mass is 10.3. The summed E-state index contributed by atoms with van der Waals surface area (Å²) in [7, 11) is 1.59. The molecule has 3 N–H and O–H groups in total. The third-order valence-electron chi connectivity index (χ3n) is 2.43. The molecular weight excluding hydrogens is 232 g/mol. The lowest BCUT2D eigenvalue weighted by Crippen LogP contribution is -2.10. The van der Waals surface area contributed by atoms with Gasteiger partial charge in [0.15, 0.2) is 5.76 Å². The molecule has 0 fully saturated rings. The van der Waals surface area contributed by atoms with Crippen LogP contribution in [0.4, 0.5) is 5.69 Å². The molecule has 5 heteroatoms. The van der Waals surface area contributed by atoms with Crippen molar-refractivity contribution in [2.75, 3.05) is 12.4 Å². The Morgan fingerprint density at radius 2 is 2.00 bits per heavy atom. The van der Waals surface area contributed by atoms with E-state index in [4.69, 9.17) is 14.9 Å². The molecule has 1 aromatic heterocycles. The summed E-state index contributed by atoms with van der Waals surface area (Å²) >= 11 is 0. The summed E-state index contributed by atoms with van der Waals surface area (Å²) in [4.78, 5) is 11.8. The second-order valence-electron chi connectivity index (χ2n) is 3.65. The van der Waals surface area contributed by atoms with E-state index in [0.29, 0.717) is 11.4 Å². The van der Waals surface area contributed by atoms with Crippen molar-refractivity contribution in [3.8, 4) is 5.75 Å². The molecular formula is C13H14N2O3. The van der Waals surface area contributed by atoms with E-state index in [1.807, 2.05) is 0 Å². The van der Waals surface area contributed by atoms with Gasteiger partial charge in [0, 0.05) is 5.69 Å². The van der Waals surface area contributed by atoms with Gasteiger partial charge in [0.1, 0.15) is 11.5 Å². The second kappa shape index (κ2) is 5.37. The van der Waals surface area contributed by atoms with E-state index < -0.39 is 0 Å². The van der Waals surface area contributed by atoms with E-state index in [9.17, 15) is 4.79 Å². The maximum absolute atomic E-state index is 11.8. The number of carbonyl (C=O) groups excluding carboxylic acids is 1. The summed E-state index contributed by atoms with van der Waals surface area (Å²) in [6.07, 6.45) is 0. The van der Waals surface area contributed by atoms with E-state index in [2.05, 4.69) is 5.32 Å². The zero-order valence-electron chi connectivity index (χ0n) is 9.97. The van der Waals surface area contributed by atoms with Crippen molar-refractivity contribution < 1.29 is 13.9 Å². The fourth-order valence-corrected chi connectivity index (χ4v) is 1.48. The number of ether oxygens (including phenoxy) is 1. The number of nitrogens with two attached hydrogens (primary N) is 1. The lowest BCUT2D eigenvalue weighted by molar-refractivity contribution is 0.0995. The zero-order valence-corrected chi connectivity index (χ0v) is 9.97. The first-order valence-corrected chi connectivity index (χ1v) is 5.47. The van der Waals surface area contributed by atoms with E-state index in [1.165, 1.54) is 0 Å². The van der Waals surface area contributed by atoms with Crippen LogP contribution in [0.25, 0.3) is 0 Å². The van der Waals surface area contributed by atoms with Crippen LogP contribution in [0.2, 0.25) is 0 Å². The van der Waals surface area contributed by atoms with Gasteiger partial charge < -0.3 is 20.2 Å². The van der Waals surface area contributed by atoms with E-state index in [0.717, 1.165) is 5.75 Å². The van der Waals surface area contributed by atoms with Crippen molar-refractivity contribution >= 4 is 11.6 Å². The average molecular weight is 246 g/mol. The molecule has 0 unspecified atom stereocenters. The van der Waals surface area contributed by atoms with Crippen LogP contribution in [0, 0.1) is 0 Å². The number of rotatable bonds is 4. The Balaban J connectivity index is 2.06. The first kappa shape index (κ1) is 12.2. The van der Waals surface area contributed by atoms with Gasteiger partial charge in [0.25, 0.3) is 5.91 Å². The lowest BCUT2D eigenvalue weighted by Gasteiger charge is -2.04. The minimum Gasteiger partial charge on any atom is -0.497 e. The Labute approximate surface area is 105 Å². The third-order valence-corrected chi connectivity index (χ3v) is 2.43. The van der Waals surface area contributed by atoms with Crippen molar-refractivity contribution in [2.24, 2.45) is 5.73 Å². The van der Waals surface area contributed by atoms with Crippen LogP contribution < -0.4 is 15.8 Å². The Morgan fingerprint density at radius 3 is 2.56 bits per heavy atom. The molecule has 18 heavy (non-hydrogen) atoms. The van der Waals surface area contributed by atoms with Crippen LogP contribution in [-0.2, 0) is 6.54 Å². The molecule has 0 aliphatic carbocycles. The van der Waals surface area contributed by atoms with E-state index >= 15 is 0 Å². The van der Waals surface area contributed by atoms with Crippen molar-refractivity contribution in [3.63, 3.8) is 0 Å². The highest BCUT2D eigenvalue weighted by molar-refractivity contribution is 6.02. The molecule has 5 nitrogen and oxygen atoms in total. The van der Waals surface area contributed by atoms with Crippen LogP contribution in [0.15, 0.2) is 40.8 Å². The smallest absolute Gasteiger partial charge is 0.291 e. The number of hydrogen-bond acceptors (Lipinski definition) is 4. The molecule has 0 saturated heterocycles. The third kappa shape index (κ3) is 2.70. The van der Waals surface area contributed by atoms with Crippen LogP contribution in [0.5, 0.6) is 5.75 Å². The first-order chi connectivity index (χ1) is 8.72. The predicted molar refractivity (Wildman–Crippen MR) is 67.5 cm³/mol. The molecule has 0 atom stereocenters. The molecule has 0 spiro atoms. The molecule has 0 aliphatic heterocycles. The van der Waals surface area contributed by atoms with Crippen molar-refractivity contribution in [1.82, 2.24) is 0 Å². The molecule has 2 rings (SSSR count). The number of hydrogen-bond donors (Lipinski definition) is 2. The highest BCUT2D eigenvalue weighted by Gasteiger charge is 2.10. The molecule has 1 heterocycles. The van der Waals surface area contributed by atoms with Gasteiger partial charge in [0.05, 0.1) is 13.7 Å². The minimum absolute atomic E-state index is 0.242. The summed E-state index contributed by atoms with van der Waals surface area (Å²) in [6.45, 7) is 0.274. The van der Waals surface area contributed by atoms with Crippen LogP contribution >= 0.6 is 0 Å². The highest BCUT2D eigenvalue weighted by atomic mass is 16.5. The maximum atomic E-state index is 11.8. The minimum atomic E-state index is -0.306. The summed E-state index contributed by atoms with van der Waals surface area (Å²) in [6, 6.07) is 10.3. The van der Waals surface area contributed by atoms with Crippen molar-refractivity contribution in [3.05, 3.63) is 47.9 Å². The van der Waals surface area contributed by atoms with Crippen molar-refractivity contribution in [2.45, 2.75) is 6.54 Å². The molecule has 0 aliphatic rings. The first-order valence-electron chi connectivity index (χ1n) is 5.47. The van der Waals surface area contributed by atoms with Crippen LogP contribution in [-0.4, -0.2) is 13.0 Å². The van der Waals surface area contributed by atoms with Gasteiger partial charge in [-0.3, -0.25) is 4.79 Å². The van der Waals surface area contributed by atoms with Gasteiger partial charge in [-0.1, -0.05) is 0 Å². The number of benzene rings is 1. The fraction of sp³-hybridized carbons (Fsp3) is 0.154. The van der Waals surface area contributed by atoms with E-state index in [1.54, 1.807) is 43.5 Å². The number of methoxy groups -OCH3 is 1. The van der Waals surface area contributed by atoms with E-state index in [-0.39, 0.29) is 18.2 Å². The number of anilines is 1. The van der Waals surface area contributed by atoms with Gasteiger partial charge in [-0.25, -0.2) is 0 Å². The quantitative estimate of drug-likeness (QED) is 0.864. The topological polar surface area (TPSA) is 77.5 Å². The Kier molecular flexibility index (Phi) is 3.64. The van der Waals surface area contributed by atoms with Gasteiger partial charge in [0.2, 0.25) is 0 Å². The summed E-state index contributed by atoms with van der Waals surface area (Å²) in [5.41, 5.74) is 6.08. The van der Waals surface area contributed by atoms with Gasteiger partial charge in [-0.2, -0.15) is 0 Å². The molecule has 2 aromatic rings. The molecule has 0 saturated carbocycles. The van der Waals surface area contributed by atoms with Crippen molar-refractivity contribution in [1.29, 1.82) is 0 Å². The standard InChI is InChI=1S/C13H14N2O3/c1-17-10-4-2-9(3-5-10)15-13(16)12-7-6-11(8-14)18-12/h2-7H,8,14H2,1H3,(H,15,16). The van der Waals surface area contributed by atoms with Crippen LogP contribution in [0.3, 0.4) is 0 Å².